The molecule has 0 spiro atoms. The number of nitrogen functional groups attached to an aromatic ring is 1. The Bertz CT molecular complexity index is 1010. The van der Waals surface area contributed by atoms with Crippen molar-refractivity contribution in [3.05, 3.63) is 55.9 Å². The molecule has 0 saturated carbocycles. The molecule has 0 radical (unpaired) electrons. The molecule has 2 amide bonds. The van der Waals surface area contributed by atoms with E-state index >= 15 is 0 Å². The van der Waals surface area contributed by atoms with Crippen LogP contribution in [0.25, 0.3) is 5.69 Å². The summed E-state index contributed by atoms with van der Waals surface area (Å²) in [7, 11) is 0. The molecule has 9 nitrogen and oxygen atoms in total. The molecule has 0 fully saturated rings. The van der Waals surface area contributed by atoms with Gasteiger partial charge in [-0.05, 0) is 24.3 Å². The zero-order valence-electron chi connectivity index (χ0n) is 13.6. The first-order valence-electron chi connectivity index (χ1n) is 7.68. The number of thioether (sulfide) groups is 1. The van der Waals surface area contributed by atoms with E-state index in [2.05, 4.69) is 5.32 Å². The molecule has 1 aliphatic rings. The first kappa shape index (κ1) is 17.7. The molecule has 0 aliphatic carbocycles. The Morgan fingerprint density at radius 3 is 2.62 bits per heavy atom. The second-order valence-corrected chi connectivity index (χ2v) is 6.70. The average molecular weight is 374 g/mol. The number of imide groups is 1. The lowest BCUT2D eigenvalue weighted by molar-refractivity contribution is -0.384. The molecule has 0 atom stereocenters. The van der Waals surface area contributed by atoms with E-state index in [9.17, 15) is 24.5 Å². The molecule has 1 aliphatic heterocycles. The molecule has 0 unspecified atom stereocenters. The Balaban J connectivity index is 2.28. The lowest BCUT2D eigenvalue weighted by atomic mass is 10.1. The van der Waals surface area contributed by atoms with Gasteiger partial charge in [0.2, 0.25) is 0 Å². The number of anilines is 1. The van der Waals surface area contributed by atoms with Crippen LogP contribution < -0.4 is 16.6 Å². The second-order valence-electron chi connectivity index (χ2n) is 5.53. The number of hydrogen-bond acceptors (Lipinski definition) is 7. The van der Waals surface area contributed by atoms with Crippen LogP contribution in [0.2, 0.25) is 0 Å². The number of fused-ring (bicyclic) bond motifs is 1. The summed E-state index contributed by atoms with van der Waals surface area (Å²) in [5.74, 6) is -0.974. The highest BCUT2D eigenvalue weighted by Crippen LogP contribution is 2.31. The fourth-order valence-corrected chi connectivity index (χ4v) is 3.47. The number of benzene rings is 1. The molecule has 0 saturated heterocycles. The van der Waals surface area contributed by atoms with Crippen molar-refractivity contribution in [3.63, 3.8) is 0 Å². The van der Waals surface area contributed by atoms with Crippen molar-refractivity contribution in [2.75, 3.05) is 11.5 Å². The molecule has 2 heterocycles. The van der Waals surface area contributed by atoms with Crippen molar-refractivity contribution in [3.8, 4) is 5.69 Å². The standard InChI is InChI=1S/C16H14N4O5S/c1-2-5-26-8-3-4-10(20(24)25)11(6-8)19-12(21)7-9-13(14(19)17)16(23)18-15(9)22/h3-4,6-7H,2,5,17H2,1H3,(H,18,22,23). The number of nitro benzene ring substituents is 1. The van der Waals surface area contributed by atoms with E-state index < -0.39 is 22.3 Å². The summed E-state index contributed by atoms with van der Waals surface area (Å²) in [4.78, 5) is 47.7. The molecule has 134 valence electrons. The summed E-state index contributed by atoms with van der Waals surface area (Å²) >= 11 is 1.48. The molecular weight excluding hydrogens is 360 g/mol. The van der Waals surface area contributed by atoms with E-state index in [4.69, 9.17) is 5.73 Å². The van der Waals surface area contributed by atoms with Crippen molar-refractivity contribution in [2.24, 2.45) is 0 Å². The molecule has 3 N–H and O–H groups in total. The fraction of sp³-hybridized carbons (Fsp3) is 0.188. The number of carbonyl (C=O) groups excluding carboxylic acids is 2. The minimum atomic E-state index is -0.740. The fourth-order valence-electron chi connectivity index (χ4n) is 2.67. The molecule has 1 aromatic heterocycles. The number of rotatable bonds is 5. The SMILES string of the molecule is CCCSc1ccc([N+](=O)[O-])c(-n2c(N)c3c(cc2=O)C(=O)NC3=O)c1. The van der Waals surface area contributed by atoms with E-state index in [0.29, 0.717) is 0 Å². The summed E-state index contributed by atoms with van der Waals surface area (Å²) in [6.45, 7) is 2.00. The maximum Gasteiger partial charge on any atom is 0.293 e. The third-order valence-corrected chi connectivity index (χ3v) is 5.01. The summed E-state index contributed by atoms with van der Waals surface area (Å²) in [6.07, 6.45) is 0.903. The van der Waals surface area contributed by atoms with Gasteiger partial charge in [0.05, 0.1) is 16.1 Å². The van der Waals surface area contributed by atoms with Crippen molar-refractivity contribution in [1.29, 1.82) is 0 Å². The van der Waals surface area contributed by atoms with E-state index in [1.54, 1.807) is 6.07 Å². The molecule has 26 heavy (non-hydrogen) atoms. The highest BCUT2D eigenvalue weighted by atomic mass is 32.2. The third kappa shape index (κ3) is 2.84. The molecule has 1 aromatic carbocycles. The van der Waals surface area contributed by atoms with Gasteiger partial charge in [-0.3, -0.25) is 34.4 Å². The van der Waals surface area contributed by atoms with Crippen LogP contribution in [-0.4, -0.2) is 27.1 Å². The van der Waals surface area contributed by atoms with Crippen LogP contribution >= 0.6 is 11.8 Å². The van der Waals surface area contributed by atoms with E-state index in [1.165, 1.54) is 23.9 Å². The number of pyridine rings is 1. The number of nitrogens with two attached hydrogens (primary N) is 1. The van der Waals surface area contributed by atoms with Gasteiger partial charge in [0.25, 0.3) is 23.1 Å². The molecule has 10 heteroatoms. The Hall–Kier alpha value is -3.14. The maximum absolute atomic E-state index is 12.5. The van der Waals surface area contributed by atoms with Gasteiger partial charge in [-0.1, -0.05) is 6.92 Å². The van der Waals surface area contributed by atoms with Crippen molar-refractivity contribution < 1.29 is 14.5 Å². The van der Waals surface area contributed by atoms with Crippen LogP contribution in [0.3, 0.4) is 0 Å². The lowest BCUT2D eigenvalue weighted by Crippen LogP contribution is -2.24. The predicted octanol–water partition coefficient (Wildman–Crippen LogP) is 1.71. The van der Waals surface area contributed by atoms with Crippen LogP contribution in [-0.2, 0) is 0 Å². The summed E-state index contributed by atoms with van der Waals surface area (Å²) in [5, 5.41) is 13.5. The van der Waals surface area contributed by atoms with E-state index in [0.717, 1.165) is 27.7 Å². The van der Waals surface area contributed by atoms with Gasteiger partial charge in [0.15, 0.2) is 0 Å². The topological polar surface area (TPSA) is 137 Å². The van der Waals surface area contributed by atoms with Gasteiger partial charge < -0.3 is 5.73 Å². The van der Waals surface area contributed by atoms with E-state index in [1.807, 2.05) is 6.92 Å². The minimum Gasteiger partial charge on any atom is -0.384 e. The Labute approximate surface area is 151 Å². The van der Waals surface area contributed by atoms with E-state index in [-0.39, 0.29) is 28.3 Å². The van der Waals surface area contributed by atoms with Crippen LogP contribution in [0.1, 0.15) is 34.1 Å². The minimum absolute atomic E-state index is 0.0476. The Kier molecular flexibility index (Phi) is 4.51. The number of carbonyl (C=O) groups is 2. The molecule has 3 rings (SSSR count). The largest absolute Gasteiger partial charge is 0.384 e. The molecular formula is C16H14N4O5S. The maximum atomic E-state index is 12.5. The van der Waals surface area contributed by atoms with Crippen LogP contribution in [0, 0.1) is 10.1 Å². The Morgan fingerprint density at radius 1 is 1.23 bits per heavy atom. The third-order valence-electron chi connectivity index (χ3n) is 3.81. The number of nitro groups is 1. The number of aromatic nitrogens is 1. The first-order valence-corrected chi connectivity index (χ1v) is 8.66. The van der Waals surface area contributed by atoms with Gasteiger partial charge in [-0.25, -0.2) is 0 Å². The normalized spacial score (nSPS) is 12.8. The zero-order valence-corrected chi connectivity index (χ0v) is 14.5. The number of amides is 2. The lowest BCUT2D eigenvalue weighted by Gasteiger charge is -2.13. The number of hydrogen-bond donors (Lipinski definition) is 2. The van der Waals surface area contributed by atoms with Gasteiger partial charge in [0.1, 0.15) is 11.5 Å². The van der Waals surface area contributed by atoms with Crippen molar-refractivity contribution in [1.82, 2.24) is 9.88 Å². The average Bonchev–Trinajstić information content (AvgIpc) is 2.86. The predicted molar refractivity (Wildman–Crippen MR) is 95.9 cm³/mol. The van der Waals surface area contributed by atoms with Gasteiger partial charge in [0, 0.05) is 17.0 Å². The van der Waals surface area contributed by atoms with Gasteiger partial charge >= 0.3 is 0 Å². The summed E-state index contributed by atoms with van der Waals surface area (Å²) in [5.41, 5.74) is 4.56. The molecule has 0 bridgehead atoms. The number of nitrogens with zero attached hydrogens (tertiary/aromatic N) is 2. The van der Waals surface area contributed by atoms with Gasteiger partial charge in [-0.15, -0.1) is 11.8 Å². The summed E-state index contributed by atoms with van der Waals surface area (Å²) in [6, 6.07) is 5.32. The smallest absolute Gasteiger partial charge is 0.293 e. The van der Waals surface area contributed by atoms with Crippen LogP contribution in [0.4, 0.5) is 11.5 Å². The quantitative estimate of drug-likeness (QED) is 0.352. The van der Waals surface area contributed by atoms with Crippen LogP contribution in [0.15, 0.2) is 34.0 Å². The second kappa shape index (κ2) is 6.64. The summed E-state index contributed by atoms with van der Waals surface area (Å²) < 4.78 is 0.894. The van der Waals surface area contributed by atoms with Crippen molar-refractivity contribution in [2.45, 2.75) is 18.2 Å². The highest BCUT2D eigenvalue weighted by Gasteiger charge is 2.33. The monoisotopic (exact) mass is 374 g/mol. The van der Waals surface area contributed by atoms with Crippen molar-refractivity contribution >= 4 is 35.1 Å². The number of nitrogens with one attached hydrogen (secondary N) is 1. The zero-order chi connectivity index (χ0) is 19.0. The van der Waals surface area contributed by atoms with Gasteiger partial charge in [-0.2, -0.15) is 0 Å². The highest BCUT2D eigenvalue weighted by molar-refractivity contribution is 7.99. The Morgan fingerprint density at radius 2 is 1.96 bits per heavy atom. The first-order chi connectivity index (χ1) is 12.3. The van der Waals surface area contributed by atoms with Crippen LogP contribution in [0.5, 0.6) is 0 Å². The molecule has 2 aromatic rings.